The molecule has 0 saturated carbocycles. The van der Waals surface area contributed by atoms with Gasteiger partial charge in [-0.2, -0.15) is 0 Å². The molecule has 2 rings (SSSR count). The molecule has 1 aromatic carbocycles. The number of para-hydroxylation sites is 1. The molecule has 4 N–H and O–H groups in total. The fourth-order valence-electron chi connectivity index (χ4n) is 3.31. The van der Waals surface area contributed by atoms with Crippen LogP contribution in [0, 0.1) is 5.92 Å². The lowest BCUT2D eigenvalue weighted by molar-refractivity contribution is -0.123. The Balaban J connectivity index is 1.46. The summed E-state index contributed by atoms with van der Waals surface area (Å²) in [6.45, 7) is 5.44. The molecule has 156 valence electrons. The molecule has 0 spiro atoms. The molecule has 28 heavy (non-hydrogen) atoms. The Morgan fingerprint density at radius 2 is 1.82 bits per heavy atom. The van der Waals surface area contributed by atoms with E-state index in [0.717, 1.165) is 76.5 Å². The number of unbranched alkanes of at least 4 members (excludes halogenated alkanes) is 1. The maximum Gasteiger partial charge on any atom is 0.220 e. The van der Waals surface area contributed by atoms with Crippen LogP contribution in [0.4, 0.5) is 0 Å². The zero-order valence-electron chi connectivity index (χ0n) is 17.0. The van der Waals surface area contributed by atoms with Crippen LogP contribution < -0.4 is 21.1 Å². The number of nitrogens with one attached hydrogen (secondary N) is 2. The first-order valence-corrected chi connectivity index (χ1v) is 10.3. The molecule has 1 aliphatic heterocycles. The second kappa shape index (κ2) is 13.0. The van der Waals surface area contributed by atoms with Crippen LogP contribution >= 0.6 is 0 Å². The lowest BCUT2D eigenvalue weighted by Crippen LogP contribution is -2.40. The van der Waals surface area contributed by atoms with Crippen molar-refractivity contribution >= 4 is 11.9 Å². The molecule has 0 unspecified atom stereocenters. The molecule has 7 nitrogen and oxygen atoms in total. The average molecular weight is 390 g/mol. The van der Waals surface area contributed by atoms with Crippen molar-refractivity contribution in [3.63, 3.8) is 0 Å². The van der Waals surface area contributed by atoms with Crippen molar-refractivity contribution < 1.29 is 9.53 Å². The summed E-state index contributed by atoms with van der Waals surface area (Å²) < 4.78 is 5.68. The number of nitrogens with two attached hydrogens (primary N) is 1. The molecule has 1 aliphatic rings. The molecule has 0 atom stereocenters. The van der Waals surface area contributed by atoms with E-state index in [-0.39, 0.29) is 11.8 Å². The van der Waals surface area contributed by atoms with Gasteiger partial charge in [-0.15, -0.1) is 0 Å². The SMILES string of the molecule is CN=C(NCCCCN1CCC(C(N)=O)CC1)NCCCOc1ccccc1. The molecule has 0 bridgehead atoms. The summed E-state index contributed by atoms with van der Waals surface area (Å²) in [4.78, 5) is 17.9. The van der Waals surface area contributed by atoms with Crippen molar-refractivity contribution in [2.24, 2.45) is 16.6 Å². The van der Waals surface area contributed by atoms with E-state index >= 15 is 0 Å². The Bertz CT molecular complexity index is 586. The lowest BCUT2D eigenvalue weighted by Gasteiger charge is -2.30. The van der Waals surface area contributed by atoms with Crippen LogP contribution in [0.3, 0.4) is 0 Å². The van der Waals surface area contributed by atoms with E-state index in [2.05, 4.69) is 20.5 Å². The van der Waals surface area contributed by atoms with E-state index in [1.54, 1.807) is 7.05 Å². The molecule has 1 heterocycles. The number of amides is 1. The first kappa shape index (κ1) is 22.0. The van der Waals surface area contributed by atoms with Crippen molar-refractivity contribution in [2.75, 3.05) is 46.4 Å². The highest BCUT2D eigenvalue weighted by molar-refractivity contribution is 5.79. The number of hydrogen-bond acceptors (Lipinski definition) is 4. The summed E-state index contributed by atoms with van der Waals surface area (Å²) in [6.07, 6.45) is 4.94. The Morgan fingerprint density at radius 1 is 1.14 bits per heavy atom. The Hall–Kier alpha value is -2.28. The number of guanidine groups is 1. The molecule has 0 aromatic heterocycles. The Labute approximate surface area is 168 Å². The van der Waals surface area contributed by atoms with Crippen LogP contribution in [0.1, 0.15) is 32.1 Å². The normalized spacial score (nSPS) is 16.0. The average Bonchev–Trinajstić information content (AvgIpc) is 2.73. The van der Waals surface area contributed by atoms with Crippen LogP contribution in [0.25, 0.3) is 0 Å². The molecule has 1 amide bonds. The predicted octanol–water partition coefficient (Wildman–Crippen LogP) is 1.60. The zero-order valence-corrected chi connectivity index (χ0v) is 17.0. The number of rotatable bonds is 11. The van der Waals surface area contributed by atoms with E-state index < -0.39 is 0 Å². The van der Waals surface area contributed by atoms with Gasteiger partial charge in [-0.05, 0) is 63.9 Å². The number of ether oxygens (including phenoxy) is 1. The minimum absolute atomic E-state index is 0.0745. The number of hydrogen-bond donors (Lipinski definition) is 3. The number of benzene rings is 1. The molecule has 7 heteroatoms. The van der Waals surface area contributed by atoms with Crippen LogP contribution in [0.5, 0.6) is 5.75 Å². The summed E-state index contributed by atoms with van der Waals surface area (Å²) in [5, 5.41) is 6.67. The van der Waals surface area contributed by atoms with Crippen molar-refractivity contribution in [2.45, 2.75) is 32.1 Å². The molecule has 0 aliphatic carbocycles. The smallest absolute Gasteiger partial charge is 0.220 e. The third-order valence-corrected chi connectivity index (χ3v) is 5.03. The number of primary amides is 1. The monoisotopic (exact) mass is 389 g/mol. The van der Waals surface area contributed by atoms with E-state index in [4.69, 9.17) is 10.5 Å². The van der Waals surface area contributed by atoms with Gasteiger partial charge >= 0.3 is 0 Å². The fourth-order valence-corrected chi connectivity index (χ4v) is 3.31. The number of carbonyl (C=O) groups excluding carboxylic acids is 1. The molecule has 1 saturated heterocycles. The zero-order chi connectivity index (χ0) is 20.0. The summed E-state index contributed by atoms with van der Waals surface area (Å²) in [5.41, 5.74) is 5.38. The van der Waals surface area contributed by atoms with Crippen molar-refractivity contribution in [3.8, 4) is 5.75 Å². The van der Waals surface area contributed by atoms with Gasteiger partial charge in [0.15, 0.2) is 5.96 Å². The third-order valence-electron chi connectivity index (χ3n) is 5.03. The van der Waals surface area contributed by atoms with Crippen molar-refractivity contribution in [3.05, 3.63) is 30.3 Å². The highest BCUT2D eigenvalue weighted by Crippen LogP contribution is 2.16. The maximum absolute atomic E-state index is 11.2. The topological polar surface area (TPSA) is 92.0 Å². The second-order valence-corrected chi connectivity index (χ2v) is 7.17. The van der Waals surface area contributed by atoms with Gasteiger partial charge in [0.2, 0.25) is 5.91 Å². The summed E-state index contributed by atoms with van der Waals surface area (Å²) in [7, 11) is 1.79. The fraction of sp³-hybridized carbons (Fsp3) is 0.619. The highest BCUT2D eigenvalue weighted by atomic mass is 16.5. The van der Waals surface area contributed by atoms with Gasteiger partial charge in [-0.3, -0.25) is 9.79 Å². The van der Waals surface area contributed by atoms with Crippen LogP contribution in [-0.4, -0.2) is 63.1 Å². The number of nitrogens with zero attached hydrogens (tertiary/aromatic N) is 2. The van der Waals surface area contributed by atoms with Crippen LogP contribution in [0.2, 0.25) is 0 Å². The van der Waals surface area contributed by atoms with Crippen LogP contribution in [-0.2, 0) is 4.79 Å². The van der Waals surface area contributed by atoms with Gasteiger partial charge in [-0.1, -0.05) is 18.2 Å². The predicted molar refractivity (Wildman–Crippen MR) is 114 cm³/mol. The summed E-state index contributed by atoms with van der Waals surface area (Å²) >= 11 is 0. The van der Waals surface area contributed by atoms with E-state index in [1.165, 1.54) is 0 Å². The van der Waals surface area contributed by atoms with Gasteiger partial charge in [0, 0.05) is 26.1 Å². The lowest BCUT2D eigenvalue weighted by atomic mass is 9.96. The summed E-state index contributed by atoms with van der Waals surface area (Å²) in [6, 6.07) is 9.86. The first-order valence-electron chi connectivity index (χ1n) is 10.3. The number of aliphatic imine (C=N–C) groups is 1. The Kier molecular flexibility index (Phi) is 10.2. The largest absolute Gasteiger partial charge is 0.494 e. The third kappa shape index (κ3) is 8.61. The van der Waals surface area contributed by atoms with E-state index in [0.29, 0.717) is 6.61 Å². The Morgan fingerprint density at radius 3 is 2.46 bits per heavy atom. The number of piperidine rings is 1. The molecular weight excluding hydrogens is 354 g/mol. The van der Waals surface area contributed by atoms with Gasteiger partial charge in [-0.25, -0.2) is 0 Å². The standard InChI is InChI=1S/C21H35N5O2/c1-23-21(25-13-7-17-28-19-8-3-2-4-9-19)24-12-5-6-14-26-15-10-18(11-16-26)20(22)27/h2-4,8-9,18H,5-7,10-17H2,1H3,(H2,22,27)(H2,23,24,25). The van der Waals surface area contributed by atoms with Crippen molar-refractivity contribution in [1.82, 2.24) is 15.5 Å². The minimum atomic E-state index is -0.144. The van der Waals surface area contributed by atoms with E-state index in [9.17, 15) is 4.79 Å². The maximum atomic E-state index is 11.2. The molecule has 1 aromatic rings. The highest BCUT2D eigenvalue weighted by Gasteiger charge is 2.22. The van der Waals surface area contributed by atoms with Gasteiger partial charge in [0.25, 0.3) is 0 Å². The minimum Gasteiger partial charge on any atom is -0.494 e. The molecular formula is C21H35N5O2. The second-order valence-electron chi connectivity index (χ2n) is 7.17. The van der Waals surface area contributed by atoms with Crippen molar-refractivity contribution in [1.29, 1.82) is 0 Å². The number of likely N-dealkylation sites (tertiary alicyclic amines) is 1. The quantitative estimate of drug-likeness (QED) is 0.304. The summed E-state index contributed by atoms with van der Waals surface area (Å²) in [5.74, 6) is 1.67. The molecule has 0 radical (unpaired) electrons. The molecule has 1 fully saturated rings. The van der Waals surface area contributed by atoms with Gasteiger partial charge in [0.05, 0.1) is 6.61 Å². The van der Waals surface area contributed by atoms with Gasteiger partial charge < -0.3 is 26.0 Å². The van der Waals surface area contributed by atoms with E-state index in [1.807, 2.05) is 30.3 Å². The van der Waals surface area contributed by atoms with Crippen LogP contribution in [0.15, 0.2) is 35.3 Å². The number of carbonyl (C=O) groups is 1. The van der Waals surface area contributed by atoms with Gasteiger partial charge in [0.1, 0.15) is 5.75 Å². The first-order chi connectivity index (χ1) is 13.7.